The van der Waals surface area contributed by atoms with E-state index >= 15 is 0 Å². The van der Waals surface area contributed by atoms with E-state index in [2.05, 4.69) is 15.5 Å². The van der Waals surface area contributed by atoms with Crippen LogP contribution in [0.4, 0.5) is 0 Å². The zero-order valence-corrected chi connectivity index (χ0v) is 16.0. The first-order valence-electron chi connectivity index (χ1n) is 8.93. The molecule has 0 fully saturated rings. The van der Waals surface area contributed by atoms with Crippen molar-refractivity contribution in [2.75, 3.05) is 7.11 Å². The Morgan fingerprint density at radius 1 is 1.28 bits per heavy atom. The molecule has 3 rings (SSSR count). The van der Waals surface area contributed by atoms with Crippen LogP contribution in [-0.4, -0.2) is 34.2 Å². The molecule has 2 heterocycles. The van der Waals surface area contributed by atoms with Gasteiger partial charge in [0.25, 0.3) is 0 Å². The van der Waals surface area contributed by atoms with Crippen LogP contribution in [0.5, 0.6) is 5.75 Å². The van der Waals surface area contributed by atoms with Crippen LogP contribution in [-0.2, 0) is 21.5 Å². The highest BCUT2D eigenvalue weighted by Gasteiger charge is 2.32. The Morgan fingerprint density at radius 2 is 2.10 bits per heavy atom. The number of aliphatic carboxylic acids is 1. The van der Waals surface area contributed by atoms with Gasteiger partial charge in [0.05, 0.1) is 25.3 Å². The number of carbonyl (C=O) groups is 2. The Bertz CT molecular complexity index is 982. The monoisotopic (exact) mass is 399 g/mol. The van der Waals surface area contributed by atoms with Gasteiger partial charge in [0.1, 0.15) is 5.75 Å². The summed E-state index contributed by atoms with van der Waals surface area (Å²) in [5.41, 5.74) is -0.475. The molecule has 0 saturated heterocycles. The van der Waals surface area contributed by atoms with Crippen LogP contribution < -0.4 is 10.1 Å². The molecule has 9 heteroatoms. The van der Waals surface area contributed by atoms with Crippen molar-refractivity contribution in [1.82, 2.24) is 15.5 Å². The van der Waals surface area contributed by atoms with Crippen LogP contribution >= 0.6 is 0 Å². The van der Waals surface area contributed by atoms with E-state index in [-0.39, 0.29) is 31.1 Å². The van der Waals surface area contributed by atoms with Gasteiger partial charge in [0, 0.05) is 12.8 Å². The van der Waals surface area contributed by atoms with Gasteiger partial charge in [-0.15, -0.1) is 0 Å². The highest BCUT2D eigenvalue weighted by atomic mass is 16.5. The number of carbonyl (C=O) groups excluding carboxylic acids is 1. The number of hydrogen-bond acceptors (Lipinski definition) is 7. The smallest absolute Gasteiger partial charge is 0.306 e. The molecule has 0 aliphatic carbocycles. The fourth-order valence-corrected chi connectivity index (χ4v) is 2.94. The molecule has 0 spiro atoms. The van der Waals surface area contributed by atoms with Gasteiger partial charge in [-0.1, -0.05) is 17.3 Å². The van der Waals surface area contributed by atoms with Gasteiger partial charge in [-0.3, -0.25) is 9.59 Å². The first-order valence-corrected chi connectivity index (χ1v) is 8.93. The highest BCUT2D eigenvalue weighted by Crippen LogP contribution is 2.28. The van der Waals surface area contributed by atoms with Crippen LogP contribution in [0.2, 0.25) is 0 Å². The van der Waals surface area contributed by atoms with Gasteiger partial charge in [0.15, 0.2) is 5.76 Å². The van der Waals surface area contributed by atoms with Crippen molar-refractivity contribution in [2.45, 2.75) is 31.7 Å². The number of nitrogens with zero attached hydrogens (tertiary/aromatic N) is 2. The van der Waals surface area contributed by atoms with Crippen LogP contribution in [0.1, 0.15) is 31.2 Å². The molecule has 0 bridgehead atoms. The topological polar surface area (TPSA) is 128 Å². The number of carboxylic acid groups (broad SMARTS) is 1. The molecule has 0 aliphatic rings. The second-order valence-corrected chi connectivity index (χ2v) is 6.67. The fraction of sp³-hybridized carbons (Fsp3) is 0.300. The van der Waals surface area contributed by atoms with Crippen molar-refractivity contribution in [3.8, 4) is 17.3 Å². The summed E-state index contributed by atoms with van der Waals surface area (Å²) in [6.07, 6.45) is 1.48. The Kier molecular flexibility index (Phi) is 5.96. The number of benzene rings is 1. The zero-order valence-electron chi connectivity index (χ0n) is 16.0. The summed E-state index contributed by atoms with van der Waals surface area (Å²) in [4.78, 5) is 28.1. The minimum atomic E-state index is -1.11. The molecule has 1 unspecified atom stereocenters. The first kappa shape index (κ1) is 20.1. The average molecular weight is 399 g/mol. The van der Waals surface area contributed by atoms with E-state index in [0.717, 1.165) is 0 Å². The van der Waals surface area contributed by atoms with E-state index in [1.807, 2.05) is 0 Å². The standard InChI is InChI=1S/C20H21N3O6/c1-20(12-18(25)26,13-5-3-6-14(11-13)27-2)22-16(24)8-9-17-21-19(23-29-17)15-7-4-10-28-15/h3-7,10-11H,8-9,12H2,1-2H3,(H,22,24)(H,25,26). The molecule has 1 atom stereocenters. The van der Waals surface area contributed by atoms with Crippen molar-refractivity contribution >= 4 is 11.9 Å². The number of aromatic nitrogens is 2. The maximum Gasteiger partial charge on any atom is 0.306 e. The Balaban J connectivity index is 1.67. The molecule has 0 saturated carbocycles. The lowest BCUT2D eigenvalue weighted by atomic mass is 9.88. The highest BCUT2D eigenvalue weighted by molar-refractivity contribution is 5.79. The van der Waals surface area contributed by atoms with Crippen molar-refractivity contribution < 1.29 is 28.4 Å². The van der Waals surface area contributed by atoms with Crippen molar-refractivity contribution in [2.24, 2.45) is 0 Å². The lowest BCUT2D eigenvalue weighted by Gasteiger charge is -2.30. The van der Waals surface area contributed by atoms with E-state index in [1.54, 1.807) is 43.3 Å². The maximum absolute atomic E-state index is 12.5. The molecule has 2 N–H and O–H groups in total. The van der Waals surface area contributed by atoms with E-state index < -0.39 is 11.5 Å². The summed E-state index contributed by atoms with van der Waals surface area (Å²) in [5.74, 6) is 0.261. The van der Waals surface area contributed by atoms with E-state index in [4.69, 9.17) is 13.7 Å². The van der Waals surface area contributed by atoms with Gasteiger partial charge in [-0.05, 0) is 36.8 Å². The molecule has 2 aromatic heterocycles. The number of ether oxygens (including phenoxy) is 1. The molecule has 1 amide bonds. The van der Waals surface area contributed by atoms with Gasteiger partial charge in [0.2, 0.25) is 17.6 Å². The van der Waals surface area contributed by atoms with Crippen molar-refractivity contribution in [3.05, 3.63) is 54.1 Å². The predicted molar refractivity (Wildman–Crippen MR) is 101 cm³/mol. The van der Waals surface area contributed by atoms with Gasteiger partial charge in [-0.25, -0.2) is 0 Å². The third-order valence-electron chi connectivity index (χ3n) is 4.40. The fourth-order valence-electron chi connectivity index (χ4n) is 2.94. The summed E-state index contributed by atoms with van der Waals surface area (Å²) in [7, 11) is 1.52. The van der Waals surface area contributed by atoms with Crippen molar-refractivity contribution in [1.29, 1.82) is 0 Å². The summed E-state index contributed by atoms with van der Waals surface area (Å²) < 4.78 is 15.5. The molecule has 0 aliphatic heterocycles. The minimum absolute atomic E-state index is 0.0545. The molecule has 1 aromatic carbocycles. The third kappa shape index (κ3) is 5.01. The number of furan rings is 1. The molecule has 29 heavy (non-hydrogen) atoms. The van der Waals surface area contributed by atoms with Crippen LogP contribution in [0, 0.1) is 0 Å². The minimum Gasteiger partial charge on any atom is -0.497 e. The van der Waals surface area contributed by atoms with Crippen LogP contribution in [0.15, 0.2) is 51.6 Å². The van der Waals surface area contributed by atoms with Crippen LogP contribution in [0.25, 0.3) is 11.6 Å². The Hall–Kier alpha value is -3.62. The quantitative estimate of drug-likeness (QED) is 0.562. The van der Waals surface area contributed by atoms with E-state index in [1.165, 1.54) is 13.4 Å². The average Bonchev–Trinajstić information content (AvgIpc) is 3.37. The number of aryl methyl sites for hydroxylation is 1. The third-order valence-corrected chi connectivity index (χ3v) is 4.40. The zero-order chi connectivity index (χ0) is 20.9. The van der Waals surface area contributed by atoms with Crippen molar-refractivity contribution in [3.63, 3.8) is 0 Å². The molecule has 3 aromatic rings. The number of methoxy groups -OCH3 is 1. The van der Waals surface area contributed by atoms with E-state index in [9.17, 15) is 14.7 Å². The Labute approximate surface area is 166 Å². The number of nitrogens with one attached hydrogen (secondary N) is 1. The van der Waals surface area contributed by atoms with Gasteiger partial charge < -0.3 is 24.1 Å². The normalized spacial score (nSPS) is 12.9. The molecular weight excluding hydrogens is 378 g/mol. The van der Waals surface area contributed by atoms with Gasteiger partial charge in [-0.2, -0.15) is 4.98 Å². The largest absolute Gasteiger partial charge is 0.497 e. The summed E-state index contributed by atoms with van der Waals surface area (Å²) in [6, 6.07) is 10.4. The predicted octanol–water partition coefficient (Wildman–Crippen LogP) is 2.78. The molecule has 9 nitrogen and oxygen atoms in total. The summed E-state index contributed by atoms with van der Waals surface area (Å²) in [5, 5.41) is 16.0. The first-order chi connectivity index (χ1) is 13.9. The van der Waals surface area contributed by atoms with E-state index in [0.29, 0.717) is 22.9 Å². The lowest BCUT2D eigenvalue weighted by molar-refractivity contribution is -0.139. The second kappa shape index (κ2) is 8.59. The maximum atomic E-state index is 12.5. The molecule has 0 radical (unpaired) electrons. The number of amides is 1. The molecule has 152 valence electrons. The SMILES string of the molecule is COc1cccc(C(C)(CC(=O)O)NC(=O)CCc2nc(-c3ccco3)no2)c1. The lowest BCUT2D eigenvalue weighted by Crippen LogP contribution is -2.45. The summed E-state index contributed by atoms with van der Waals surface area (Å²) >= 11 is 0. The van der Waals surface area contributed by atoms with Crippen LogP contribution in [0.3, 0.4) is 0 Å². The number of carboxylic acids is 1. The Morgan fingerprint density at radius 3 is 2.79 bits per heavy atom. The second-order valence-electron chi connectivity index (χ2n) is 6.67. The summed E-state index contributed by atoms with van der Waals surface area (Å²) in [6.45, 7) is 1.66. The van der Waals surface area contributed by atoms with Gasteiger partial charge >= 0.3 is 5.97 Å². The number of hydrogen-bond donors (Lipinski definition) is 2. The molecular formula is C20H21N3O6. The number of rotatable bonds is 9.